The molecule has 1 aromatic carbocycles. The maximum Gasteiger partial charge on any atom is 0.287 e. The van der Waals surface area contributed by atoms with E-state index in [-0.39, 0.29) is 24.4 Å². The van der Waals surface area contributed by atoms with Crippen LogP contribution in [0.15, 0.2) is 32.8 Å². The molecule has 1 aromatic heterocycles. The number of nitrogens with zero attached hydrogens (tertiary/aromatic N) is 2. The maximum absolute atomic E-state index is 12.7. The molecular formula is C19H21N5O4. The summed E-state index contributed by atoms with van der Waals surface area (Å²) >= 11 is 0. The molecule has 2 heterocycles. The van der Waals surface area contributed by atoms with Crippen LogP contribution in [0, 0.1) is 6.92 Å². The molecule has 9 nitrogen and oxygen atoms in total. The number of guanidine groups is 1. The molecule has 1 aliphatic carbocycles. The van der Waals surface area contributed by atoms with Crippen molar-refractivity contribution in [1.82, 2.24) is 5.32 Å². The van der Waals surface area contributed by atoms with E-state index in [1.165, 1.54) is 0 Å². The molecule has 0 radical (unpaired) electrons. The summed E-state index contributed by atoms with van der Waals surface area (Å²) in [5.41, 5.74) is 13.9. The number of amides is 1. The zero-order valence-corrected chi connectivity index (χ0v) is 15.4. The first kappa shape index (κ1) is 17.9. The van der Waals surface area contributed by atoms with Crippen molar-refractivity contribution in [2.24, 2.45) is 21.7 Å². The van der Waals surface area contributed by atoms with Gasteiger partial charge in [-0.2, -0.15) is 5.10 Å². The number of furan rings is 1. The third-order valence-corrected chi connectivity index (χ3v) is 4.71. The van der Waals surface area contributed by atoms with Crippen LogP contribution >= 0.6 is 0 Å². The second-order valence-electron chi connectivity index (χ2n) is 6.65. The van der Waals surface area contributed by atoms with Crippen LogP contribution in [0.3, 0.4) is 0 Å². The van der Waals surface area contributed by atoms with Crippen molar-refractivity contribution in [2.75, 3.05) is 6.79 Å². The van der Waals surface area contributed by atoms with Crippen LogP contribution in [0.1, 0.15) is 45.8 Å². The average molecular weight is 383 g/mol. The van der Waals surface area contributed by atoms with Gasteiger partial charge in [0, 0.05) is 24.1 Å². The number of ether oxygens (including phenoxy) is 2. The lowest BCUT2D eigenvalue weighted by molar-refractivity contribution is 0.0920. The van der Waals surface area contributed by atoms with Crippen molar-refractivity contribution in [3.05, 3.63) is 46.4 Å². The number of rotatable bonds is 4. The largest absolute Gasteiger partial charge is 0.455 e. The smallest absolute Gasteiger partial charge is 0.287 e. The second-order valence-corrected chi connectivity index (χ2v) is 6.65. The molecule has 2 aromatic rings. The predicted molar refractivity (Wildman–Crippen MR) is 102 cm³/mol. The molecule has 0 saturated heterocycles. The average Bonchev–Trinajstić information content (AvgIpc) is 3.28. The molecule has 2 aliphatic rings. The molecule has 4 rings (SSSR count). The fourth-order valence-corrected chi connectivity index (χ4v) is 3.42. The van der Waals surface area contributed by atoms with E-state index in [0.717, 1.165) is 47.4 Å². The van der Waals surface area contributed by atoms with E-state index in [9.17, 15) is 4.79 Å². The molecule has 146 valence electrons. The van der Waals surface area contributed by atoms with Gasteiger partial charge in [0.15, 0.2) is 17.3 Å². The molecule has 1 aliphatic heterocycles. The molecule has 0 bridgehead atoms. The first-order valence-electron chi connectivity index (χ1n) is 8.97. The summed E-state index contributed by atoms with van der Waals surface area (Å²) < 4.78 is 16.5. The van der Waals surface area contributed by atoms with Crippen LogP contribution in [0.5, 0.6) is 11.5 Å². The van der Waals surface area contributed by atoms with E-state index in [4.69, 9.17) is 25.4 Å². The lowest BCUT2D eigenvalue weighted by atomic mass is 9.93. The number of fused-ring (bicyclic) bond motifs is 2. The third kappa shape index (κ3) is 3.38. The first-order valence-corrected chi connectivity index (χ1v) is 8.97. The summed E-state index contributed by atoms with van der Waals surface area (Å²) in [4.78, 5) is 12.7. The van der Waals surface area contributed by atoms with Crippen molar-refractivity contribution in [1.29, 1.82) is 0 Å². The van der Waals surface area contributed by atoms with E-state index in [0.29, 0.717) is 18.0 Å². The molecule has 1 amide bonds. The SMILES string of the molecule is Cc1c(C(=O)NCc2ccc3c(c2)OCO3)oc2c1/C(=N/N=C(N)N)CCC2. The fraction of sp³-hybridized carbons (Fsp3) is 0.316. The van der Waals surface area contributed by atoms with E-state index < -0.39 is 0 Å². The number of nitrogens with two attached hydrogens (primary N) is 2. The van der Waals surface area contributed by atoms with Gasteiger partial charge in [0.2, 0.25) is 12.8 Å². The minimum atomic E-state index is -0.286. The number of nitrogens with one attached hydrogen (secondary N) is 1. The highest BCUT2D eigenvalue weighted by atomic mass is 16.7. The molecule has 0 fully saturated rings. The fourth-order valence-electron chi connectivity index (χ4n) is 3.42. The molecule has 0 unspecified atom stereocenters. The Morgan fingerprint density at radius 1 is 1.21 bits per heavy atom. The Bertz CT molecular complexity index is 988. The summed E-state index contributed by atoms with van der Waals surface area (Å²) in [5.74, 6) is 2.01. The van der Waals surface area contributed by atoms with Gasteiger partial charge in [0.05, 0.1) is 5.71 Å². The van der Waals surface area contributed by atoms with Crippen molar-refractivity contribution in [3.8, 4) is 11.5 Å². The zero-order valence-electron chi connectivity index (χ0n) is 15.4. The first-order chi connectivity index (χ1) is 13.5. The quantitative estimate of drug-likeness (QED) is 0.416. The molecule has 0 saturated carbocycles. The summed E-state index contributed by atoms with van der Waals surface area (Å²) in [6.07, 6.45) is 2.33. The van der Waals surface area contributed by atoms with Crippen LogP contribution in [-0.4, -0.2) is 24.4 Å². The summed E-state index contributed by atoms with van der Waals surface area (Å²) in [6, 6.07) is 5.56. The van der Waals surface area contributed by atoms with Crippen LogP contribution in [0.4, 0.5) is 0 Å². The number of benzene rings is 1. The van der Waals surface area contributed by atoms with E-state index in [2.05, 4.69) is 15.5 Å². The molecular weight excluding hydrogens is 362 g/mol. The van der Waals surface area contributed by atoms with Crippen LogP contribution < -0.4 is 26.3 Å². The van der Waals surface area contributed by atoms with E-state index in [1.807, 2.05) is 25.1 Å². The van der Waals surface area contributed by atoms with Crippen molar-refractivity contribution < 1.29 is 18.7 Å². The Balaban J connectivity index is 1.52. The summed E-state index contributed by atoms with van der Waals surface area (Å²) in [6.45, 7) is 2.40. The van der Waals surface area contributed by atoms with Crippen LogP contribution in [0.25, 0.3) is 0 Å². The number of carbonyl (C=O) groups excluding carboxylic acids is 1. The Morgan fingerprint density at radius 2 is 2.04 bits per heavy atom. The van der Waals surface area contributed by atoms with Crippen LogP contribution in [0.2, 0.25) is 0 Å². The topological polar surface area (TPSA) is 137 Å². The van der Waals surface area contributed by atoms with Gasteiger partial charge in [-0.3, -0.25) is 4.79 Å². The van der Waals surface area contributed by atoms with Gasteiger partial charge in [0.1, 0.15) is 5.76 Å². The van der Waals surface area contributed by atoms with Gasteiger partial charge < -0.3 is 30.7 Å². The lowest BCUT2D eigenvalue weighted by Gasteiger charge is -2.11. The second kappa shape index (κ2) is 7.26. The van der Waals surface area contributed by atoms with Crippen LogP contribution in [-0.2, 0) is 13.0 Å². The standard InChI is InChI=1S/C19H21N5O4/c1-10-16-12(23-24-19(20)21)3-2-4-14(16)28-17(10)18(25)22-8-11-5-6-13-15(7-11)27-9-26-13/h5-7H,2-4,8-9H2,1H3,(H,22,25)(H4,20,21,24)/b23-12+. The summed E-state index contributed by atoms with van der Waals surface area (Å²) in [5, 5.41) is 10.7. The predicted octanol–water partition coefficient (Wildman–Crippen LogP) is 1.56. The Morgan fingerprint density at radius 3 is 2.86 bits per heavy atom. The molecule has 0 atom stereocenters. The summed E-state index contributed by atoms with van der Waals surface area (Å²) in [7, 11) is 0. The van der Waals surface area contributed by atoms with Gasteiger partial charge >= 0.3 is 0 Å². The number of hydrogen-bond acceptors (Lipinski definition) is 6. The Hall–Kier alpha value is -3.49. The molecule has 5 N–H and O–H groups in total. The molecule has 28 heavy (non-hydrogen) atoms. The number of aryl methyl sites for hydroxylation is 1. The van der Waals surface area contributed by atoms with Crippen molar-refractivity contribution in [3.63, 3.8) is 0 Å². The van der Waals surface area contributed by atoms with E-state index in [1.54, 1.807) is 0 Å². The minimum Gasteiger partial charge on any atom is -0.455 e. The maximum atomic E-state index is 12.7. The van der Waals surface area contributed by atoms with Gasteiger partial charge in [-0.15, -0.1) is 5.10 Å². The molecule has 9 heteroatoms. The third-order valence-electron chi connectivity index (χ3n) is 4.71. The van der Waals surface area contributed by atoms with Gasteiger partial charge in [0.25, 0.3) is 5.91 Å². The van der Waals surface area contributed by atoms with Crippen molar-refractivity contribution in [2.45, 2.75) is 32.7 Å². The number of hydrogen-bond donors (Lipinski definition) is 3. The monoisotopic (exact) mass is 383 g/mol. The lowest BCUT2D eigenvalue weighted by Crippen LogP contribution is -2.23. The molecule has 0 spiro atoms. The Labute approximate surface area is 161 Å². The zero-order chi connectivity index (χ0) is 19.7. The number of carbonyl (C=O) groups is 1. The van der Waals surface area contributed by atoms with Gasteiger partial charge in [-0.1, -0.05) is 6.07 Å². The van der Waals surface area contributed by atoms with Gasteiger partial charge in [-0.25, -0.2) is 0 Å². The normalized spacial score (nSPS) is 16.0. The highest BCUT2D eigenvalue weighted by molar-refractivity contribution is 6.06. The minimum absolute atomic E-state index is 0.109. The van der Waals surface area contributed by atoms with Gasteiger partial charge in [-0.05, 0) is 37.5 Å². The van der Waals surface area contributed by atoms with Crippen molar-refractivity contribution >= 4 is 17.6 Å². The Kier molecular flexibility index (Phi) is 4.64. The highest BCUT2D eigenvalue weighted by Gasteiger charge is 2.28. The van der Waals surface area contributed by atoms with E-state index >= 15 is 0 Å². The highest BCUT2D eigenvalue weighted by Crippen LogP contribution is 2.33.